The number of hydrogen-bond acceptors (Lipinski definition) is 3. The number of likely N-dealkylation sites (N-methyl/N-ethyl adjacent to an activating group) is 1. The van der Waals surface area contributed by atoms with E-state index >= 15 is 0 Å². The molecule has 0 saturated carbocycles. The predicted molar refractivity (Wildman–Crippen MR) is 64.0 cm³/mol. The van der Waals surface area contributed by atoms with Crippen molar-refractivity contribution in [2.24, 2.45) is 11.1 Å². The molecule has 2 unspecified atom stereocenters. The molecule has 4 heteroatoms. The molecule has 0 spiro atoms. The summed E-state index contributed by atoms with van der Waals surface area (Å²) < 4.78 is 5.47. The molecule has 0 aromatic heterocycles. The Morgan fingerprint density at radius 3 is 2.44 bits per heavy atom. The summed E-state index contributed by atoms with van der Waals surface area (Å²) in [6.07, 6.45) is 1.02. The predicted octanol–water partition coefficient (Wildman–Crippen LogP) is 0.996. The van der Waals surface area contributed by atoms with Gasteiger partial charge in [-0.25, -0.2) is 0 Å². The maximum atomic E-state index is 12.2. The van der Waals surface area contributed by atoms with Gasteiger partial charge in [-0.05, 0) is 18.8 Å². The third kappa shape index (κ3) is 2.74. The van der Waals surface area contributed by atoms with Crippen molar-refractivity contribution >= 4 is 5.91 Å². The van der Waals surface area contributed by atoms with Crippen molar-refractivity contribution < 1.29 is 9.53 Å². The number of hydrogen-bond donors (Lipinski definition) is 1. The third-order valence-electron chi connectivity index (χ3n) is 3.38. The minimum atomic E-state index is -0.453. The fraction of sp³-hybridized carbons (Fsp3) is 0.917. The second-order valence-electron chi connectivity index (χ2n) is 5.72. The van der Waals surface area contributed by atoms with E-state index < -0.39 is 6.04 Å². The molecule has 4 nitrogen and oxygen atoms in total. The van der Waals surface area contributed by atoms with Crippen LogP contribution in [-0.4, -0.2) is 42.6 Å². The summed E-state index contributed by atoms with van der Waals surface area (Å²) in [4.78, 5) is 13.9. The summed E-state index contributed by atoms with van der Waals surface area (Å²) in [7, 11) is 1.82. The number of ether oxygens (including phenoxy) is 1. The average molecular weight is 228 g/mol. The molecule has 94 valence electrons. The lowest BCUT2D eigenvalue weighted by Crippen LogP contribution is -2.53. The van der Waals surface area contributed by atoms with Gasteiger partial charge in [0.25, 0.3) is 0 Å². The molecule has 1 aliphatic heterocycles. The maximum absolute atomic E-state index is 12.2. The largest absolute Gasteiger partial charge is 0.376 e. The molecule has 0 aromatic rings. The van der Waals surface area contributed by atoms with E-state index in [2.05, 4.69) is 0 Å². The number of carbonyl (C=O) groups excluding carboxylic acids is 1. The highest BCUT2D eigenvalue weighted by Gasteiger charge is 2.36. The second-order valence-corrected chi connectivity index (χ2v) is 5.72. The number of rotatable bonds is 2. The van der Waals surface area contributed by atoms with Gasteiger partial charge in [-0.15, -0.1) is 0 Å². The van der Waals surface area contributed by atoms with Crippen molar-refractivity contribution in [3.05, 3.63) is 0 Å². The Bertz CT molecular complexity index is 260. The maximum Gasteiger partial charge on any atom is 0.240 e. The van der Waals surface area contributed by atoms with Crippen LogP contribution in [0.3, 0.4) is 0 Å². The minimum absolute atomic E-state index is 0.00912. The first kappa shape index (κ1) is 13.5. The Morgan fingerprint density at radius 2 is 2.06 bits per heavy atom. The van der Waals surface area contributed by atoms with E-state index in [0.29, 0.717) is 0 Å². The number of amides is 1. The topological polar surface area (TPSA) is 55.6 Å². The molecule has 1 saturated heterocycles. The van der Waals surface area contributed by atoms with Crippen LogP contribution in [0.15, 0.2) is 0 Å². The zero-order chi connectivity index (χ0) is 12.5. The molecule has 2 N–H and O–H groups in total. The lowest BCUT2D eigenvalue weighted by atomic mass is 9.86. The fourth-order valence-corrected chi connectivity index (χ4v) is 1.98. The summed E-state index contributed by atoms with van der Waals surface area (Å²) in [6, 6.07) is -0.286. The van der Waals surface area contributed by atoms with Crippen LogP contribution in [0.1, 0.15) is 34.1 Å². The van der Waals surface area contributed by atoms with Gasteiger partial charge in [0.15, 0.2) is 0 Å². The molecule has 1 heterocycles. The highest BCUT2D eigenvalue weighted by atomic mass is 16.5. The molecule has 0 aromatic carbocycles. The Hall–Kier alpha value is -0.610. The van der Waals surface area contributed by atoms with Gasteiger partial charge in [0.2, 0.25) is 5.91 Å². The standard InChI is InChI=1S/C12H24N2O2/c1-8-9(6-7-16-8)14(5)11(15)10(13)12(2,3)4/h8-10H,6-7,13H2,1-5H3/t8?,9?,10-/m1/s1. The molecule has 1 fully saturated rings. The van der Waals surface area contributed by atoms with Crippen LogP contribution in [0.2, 0.25) is 0 Å². The van der Waals surface area contributed by atoms with Crippen molar-refractivity contribution in [3.63, 3.8) is 0 Å². The Morgan fingerprint density at radius 1 is 1.50 bits per heavy atom. The van der Waals surface area contributed by atoms with Gasteiger partial charge in [0.1, 0.15) is 0 Å². The zero-order valence-electron chi connectivity index (χ0n) is 11.0. The van der Waals surface area contributed by atoms with Gasteiger partial charge in [-0.2, -0.15) is 0 Å². The first-order valence-electron chi connectivity index (χ1n) is 5.89. The summed E-state index contributed by atoms with van der Waals surface area (Å²) in [5.74, 6) is 0.00912. The SMILES string of the molecule is CC1OCCC1N(C)C(=O)[C@@H](N)C(C)(C)C. The molecule has 3 atom stereocenters. The van der Waals surface area contributed by atoms with Crippen LogP contribution < -0.4 is 5.73 Å². The van der Waals surface area contributed by atoms with E-state index in [1.807, 2.05) is 34.7 Å². The minimum Gasteiger partial charge on any atom is -0.376 e. The molecule has 0 radical (unpaired) electrons. The molecular formula is C12H24N2O2. The van der Waals surface area contributed by atoms with Crippen molar-refractivity contribution in [1.29, 1.82) is 0 Å². The molecule has 0 aliphatic carbocycles. The molecule has 1 rings (SSSR count). The van der Waals surface area contributed by atoms with Crippen molar-refractivity contribution in [2.75, 3.05) is 13.7 Å². The lowest BCUT2D eigenvalue weighted by Gasteiger charge is -2.34. The normalized spacial score (nSPS) is 27.9. The fourth-order valence-electron chi connectivity index (χ4n) is 1.98. The van der Waals surface area contributed by atoms with E-state index in [1.165, 1.54) is 0 Å². The third-order valence-corrected chi connectivity index (χ3v) is 3.38. The first-order valence-corrected chi connectivity index (χ1v) is 5.89. The van der Waals surface area contributed by atoms with Crippen LogP contribution in [0.4, 0.5) is 0 Å². The highest BCUT2D eigenvalue weighted by molar-refractivity contribution is 5.82. The molecule has 1 amide bonds. The number of nitrogens with zero attached hydrogens (tertiary/aromatic N) is 1. The lowest BCUT2D eigenvalue weighted by molar-refractivity contribution is -0.136. The summed E-state index contributed by atoms with van der Waals surface area (Å²) in [5.41, 5.74) is 5.78. The van der Waals surface area contributed by atoms with E-state index in [4.69, 9.17) is 10.5 Å². The van der Waals surface area contributed by atoms with Crippen molar-refractivity contribution in [1.82, 2.24) is 4.90 Å². The molecular weight excluding hydrogens is 204 g/mol. The average Bonchev–Trinajstić information content (AvgIpc) is 2.59. The zero-order valence-corrected chi connectivity index (χ0v) is 11.0. The molecule has 0 bridgehead atoms. The Kier molecular flexibility index (Phi) is 3.97. The van der Waals surface area contributed by atoms with Crippen molar-refractivity contribution in [3.8, 4) is 0 Å². The second kappa shape index (κ2) is 4.72. The van der Waals surface area contributed by atoms with Crippen molar-refractivity contribution in [2.45, 2.75) is 52.3 Å². The van der Waals surface area contributed by atoms with Gasteiger partial charge in [-0.3, -0.25) is 4.79 Å². The van der Waals surface area contributed by atoms with Gasteiger partial charge < -0.3 is 15.4 Å². The van der Waals surface area contributed by atoms with Gasteiger partial charge in [0.05, 0.1) is 18.2 Å². The molecule has 1 aliphatic rings. The number of carbonyl (C=O) groups is 1. The van der Waals surface area contributed by atoms with Gasteiger partial charge >= 0.3 is 0 Å². The van der Waals surface area contributed by atoms with Gasteiger partial charge in [-0.1, -0.05) is 20.8 Å². The van der Waals surface area contributed by atoms with Gasteiger partial charge in [0, 0.05) is 13.7 Å². The smallest absolute Gasteiger partial charge is 0.240 e. The van der Waals surface area contributed by atoms with Crippen LogP contribution in [0.25, 0.3) is 0 Å². The van der Waals surface area contributed by atoms with Crippen LogP contribution in [0, 0.1) is 5.41 Å². The Labute approximate surface area is 98.1 Å². The highest BCUT2D eigenvalue weighted by Crippen LogP contribution is 2.23. The quantitative estimate of drug-likeness (QED) is 0.767. The van der Waals surface area contributed by atoms with Crippen LogP contribution in [0.5, 0.6) is 0 Å². The Balaban J connectivity index is 2.67. The number of nitrogens with two attached hydrogens (primary N) is 1. The van der Waals surface area contributed by atoms with E-state index in [-0.39, 0.29) is 23.5 Å². The van der Waals surface area contributed by atoms with E-state index in [9.17, 15) is 4.79 Å². The van der Waals surface area contributed by atoms with Crippen LogP contribution in [-0.2, 0) is 9.53 Å². The monoisotopic (exact) mass is 228 g/mol. The summed E-state index contributed by atoms with van der Waals surface area (Å²) in [5, 5.41) is 0. The first-order chi connectivity index (χ1) is 7.25. The summed E-state index contributed by atoms with van der Waals surface area (Å²) >= 11 is 0. The molecule has 16 heavy (non-hydrogen) atoms. The van der Waals surface area contributed by atoms with E-state index in [1.54, 1.807) is 4.90 Å². The van der Waals surface area contributed by atoms with Crippen LogP contribution >= 0.6 is 0 Å². The van der Waals surface area contributed by atoms with E-state index in [0.717, 1.165) is 13.0 Å². The summed E-state index contributed by atoms with van der Waals surface area (Å²) in [6.45, 7) is 8.69.